The number of hydrogen-bond donors (Lipinski definition) is 0. The average Bonchev–Trinajstić information content (AvgIpc) is 3.05. The van der Waals surface area contributed by atoms with Crippen molar-refractivity contribution in [2.75, 3.05) is 7.11 Å². The minimum atomic E-state index is -0.407. The molecule has 0 fully saturated rings. The van der Waals surface area contributed by atoms with E-state index in [9.17, 15) is 0 Å². The highest BCUT2D eigenvalue weighted by Gasteiger charge is 2.46. The second-order valence-electron chi connectivity index (χ2n) is 7.05. The molecule has 1 nitrogen and oxygen atoms in total. The molecule has 0 heterocycles. The highest BCUT2D eigenvalue weighted by molar-refractivity contribution is 9.10. The zero-order valence-corrected chi connectivity index (χ0v) is 18.2. The molecule has 0 saturated carbocycles. The summed E-state index contributed by atoms with van der Waals surface area (Å²) < 4.78 is 6.50. The molecule has 0 amide bonds. The lowest BCUT2D eigenvalue weighted by Gasteiger charge is -2.35. The van der Waals surface area contributed by atoms with Crippen LogP contribution in [0.15, 0.2) is 108 Å². The first-order valence-corrected chi connectivity index (χ1v) is 10.5. The molecule has 4 rings (SSSR count). The van der Waals surface area contributed by atoms with Gasteiger partial charge in [0.1, 0.15) is 5.75 Å². The highest BCUT2D eigenvalue weighted by Crippen LogP contribution is 2.57. The van der Waals surface area contributed by atoms with Gasteiger partial charge in [0.25, 0.3) is 0 Å². The van der Waals surface area contributed by atoms with Crippen LogP contribution >= 0.6 is 15.9 Å². The summed E-state index contributed by atoms with van der Waals surface area (Å²) in [4.78, 5) is 0. The Morgan fingerprint density at radius 2 is 1.69 bits per heavy atom. The molecule has 0 bridgehead atoms. The molecule has 3 aromatic carbocycles. The van der Waals surface area contributed by atoms with Crippen molar-refractivity contribution in [1.29, 1.82) is 0 Å². The van der Waals surface area contributed by atoms with Gasteiger partial charge >= 0.3 is 0 Å². The molecule has 144 valence electrons. The van der Waals surface area contributed by atoms with E-state index in [1.54, 1.807) is 7.11 Å². The first-order valence-electron chi connectivity index (χ1n) is 9.67. The van der Waals surface area contributed by atoms with E-state index in [4.69, 9.17) is 4.74 Å². The van der Waals surface area contributed by atoms with Crippen molar-refractivity contribution in [3.63, 3.8) is 0 Å². The Kier molecular flexibility index (Phi) is 5.29. The minimum Gasteiger partial charge on any atom is -0.497 e. The molecule has 0 aliphatic heterocycles. The molecule has 0 saturated heterocycles. The number of rotatable bonds is 5. The van der Waals surface area contributed by atoms with Gasteiger partial charge in [-0.1, -0.05) is 89.3 Å². The number of hydrogen-bond acceptors (Lipinski definition) is 1. The predicted molar refractivity (Wildman–Crippen MR) is 126 cm³/mol. The van der Waals surface area contributed by atoms with Gasteiger partial charge < -0.3 is 4.74 Å². The molecule has 2 heteroatoms. The molecule has 0 N–H and O–H groups in total. The lowest BCUT2D eigenvalue weighted by molar-refractivity contribution is 0.414. The minimum absolute atomic E-state index is 0.407. The van der Waals surface area contributed by atoms with Crippen molar-refractivity contribution in [3.05, 3.63) is 124 Å². The van der Waals surface area contributed by atoms with Gasteiger partial charge in [0, 0.05) is 4.47 Å². The van der Waals surface area contributed by atoms with E-state index in [1.807, 2.05) is 24.3 Å². The summed E-state index contributed by atoms with van der Waals surface area (Å²) in [6.45, 7) is 5.98. The van der Waals surface area contributed by atoms with Crippen molar-refractivity contribution < 1.29 is 4.74 Å². The molecular formula is C27H23BrO. The summed E-state index contributed by atoms with van der Waals surface area (Å²) in [6.07, 6.45) is 8.22. The van der Waals surface area contributed by atoms with Crippen molar-refractivity contribution in [2.45, 2.75) is 12.3 Å². The zero-order chi connectivity index (χ0) is 20.4. The Morgan fingerprint density at radius 3 is 2.38 bits per heavy atom. The van der Waals surface area contributed by atoms with Crippen LogP contribution in [0.25, 0.3) is 11.1 Å². The monoisotopic (exact) mass is 442 g/mol. The number of allylic oxidation sites excluding steroid dienone is 5. The lowest BCUT2D eigenvalue weighted by Crippen LogP contribution is -2.29. The quantitative estimate of drug-likeness (QED) is 0.372. The third kappa shape index (κ3) is 2.99. The molecule has 0 radical (unpaired) electrons. The molecule has 3 aromatic rings. The van der Waals surface area contributed by atoms with Crippen LogP contribution in [0, 0.1) is 0 Å². The number of fused-ring (bicyclic) bond motifs is 3. The second kappa shape index (κ2) is 7.88. The number of benzene rings is 3. The van der Waals surface area contributed by atoms with E-state index in [0.29, 0.717) is 0 Å². The van der Waals surface area contributed by atoms with E-state index in [0.717, 1.165) is 10.2 Å². The van der Waals surface area contributed by atoms with Crippen molar-refractivity contribution >= 4 is 15.9 Å². The summed E-state index contributed by atoms with van der Waals surface area (Å²) in [7, 11) is 1.70. The Balaban J connectivity index is 2.14. The summed E-state index contributed by atoms with van der Waals surface area (Å²) >= 11 is 3.71. The van der Waals surface area contributed by atoms with Crippen LogP contribution in [0.1, 0.15) is 23.6 Å². The second-order valence-corrected chi connectivity index (χ2v) is 7.97. The van der Waals surface area contributed by atoms with Gasteiger partial charge in [0.15, 0.2) is 0 Å². The van der Waals surface area contributed by atoms with E-state index in [-0.39, 0.29) is 0 Å². The van der Waals surface area contributed by atoms with Gasteiger partial charge in [-0.15, -0.1) is 0 Å². The molecular weight excluding hydrogens is 420 g/mol. The number of ether oxygens (including phenoxy) is 1. The van der Waals surface area contributed by atoms with Crippen molar-refractivity contribution in [3.8, 4) is 16.9 Å². The lowest BCUT2D eigenvalue weighted by atomic mass is 9.67. The molecule has 0 aromatic heterocycles. The Bertz CT molecular complexity index is 1120. The summed E-state index contributed by atoms with van der Waals surface area (Å²) in [6, 6.07) is 23.7. The smallest absolute Gasteiger partial charge is 0.118 e. The number of methoxy groups -OCH3 is 1. The summed E-state index contributed by atoms with van der Waals surface area (Å²) in [5, 5.41) is 0. The topological polar surface area (TPSA) is 9.23 Å². The number of halogens is 1. The van der Waals surface area contributed by atoms with Gasteiger partial charge in [-0.3, -0.25) is 0 Å². The van der Waals surface area contributed by atoms with Crippen LogP contribution in [0.5, 0.6) is 5.75 Å². The van der Waals surface area contributed by atoms with Crippen LogP contribution in [-0.2, 0) is 5.41 Å². The molecule has 29 heavy (non-hydrogen) atoms. The van der Waals surface area contributed by atoms with Crippen LogP contribution in [0.2, 0.25) is 0 Å². The van der Waals surface area contributed by atoms with Gasteiger partial charge in [-0.25, -0.2) is 0 Å². The normalized spacial score (nSPS) is 17.8. The van der Waals surface area contributed by atoms with E-state index in [2.05, 4.69) is 96.2 Å². The first kappa shape index (κ1) is 19.5. The first-order chi connectivity index (χ1) is 14.2. The van der Waals surface area contributed by atoms with E-state index in [1.165, 1.54) is 33.4 Å². The Labute approximate surface area is 181 Å². The fraction of sp³-hybridized carbons (Fsp3) is 0.111. The van der Waals surface area contributed by atoms with Crippen LogP contribution in [-0.4, -0.2) is 7.11 Å². The van der Waals surface area contributed by atoms with Gasteiger partial charge in [-0.05, 0) is 64.6 Å². The maximum absolute atomic E-state index is 5.43. The maximum atomic E-state index is 5.43. The third-order valence-corrected chi connectivity index (χ3v) is 6.18. The van der Waals surface area contributed by atoms with Crippen LogP contribution in [0.4, 0.5) is 0 Å². The standard InChI is InChI=1S/C27H23BrO/c1-4-6-9-19(5-2)27(20-12-15-22(29-3)16-13-20)25-11-8-7-10-23(25)24-17-14-21(28)18-26(24)27/h4-18H,1H2,2-3H3/b9-6-,19-5+. The summed E-state index contributed by atoms with van der Waals surface area (Å²) in [5.41, 5.74) is 7.13. The molecule has 1 aliphatic carbocycles. The van der Waals surface area contributed by atoms with E-state index < -0.39 is 5.41 Å². The third-order valence-electron chi connectivity index (χ3n) is 5.69. The molecule has 1 aliphatic rings. The Morgan fingerprint density at radius 1 is 0.966 bits per heavy atom. The van der Waals surface area contributed by atoms with Gasteiger partial charge in [-0.2, -0.15) is 0 Å². The van der Waals surface area contributed by atoms with Gasteiger partial charge in [0.05, 0.1) is 12.5 Å². The fourth-order valence-electron chi connectivity index (χ4n) is 4.49. The average molecular weight is 443 g/mol. The van der Waals surface area contributed by atoms with Gasteiger partial charge in [0.2, 0.25) is 0 Å². The van der Waals surface area contributed by atoms with Crippen molar-refractivity contribution in [2.24, 2.45) is 0 Å². The Hall–Kier alpha value is -2.84. The van der Waals surface area contributed by atoms with Crippen molar-refractivity contribution in [1.82, 2.24) is 0 Å². The van der Waals surface area contributed by atoms with E-state index >= 15 is 0 Å². The summed E-state index contributed by atoms with van der Waals surface area (Å²) in [5.74, 6) is 0.855. The maximum Gasteiger partial charge on any atom is 0.118 e. The molecule has 1 atom stereocenters. The fourth-order valence-corrected chi connectivity index (χ4v) is 4.85. The molecule has 0 spiro atoms. The predicted octanol–water partition coefficient (Wildman–Crippen LogP) is 7.46. The molecule has 1 unspecified atom stereocenters. The van der Waals surface area contributed by atoms with Crippen LogP contribution < -0.4 is 4.74 Å². The largest absolute Gasteiger partial charge is 0.497 e. The van der Waals surface area contributed by atoms with Crippen LogP contribution in [0.3, 0.4) is 0 Å². The zero-order valence-electron chi connectivity index (χ0n) is 16.7. The SMILES string of the molecule is C=C/C=C\C(=C/C)C1(c2ccc(OC)cc2)c2ccccc2-c2ccc(Br)cc21. The highest BCUT2D eigenvalue weighted by atomic mass is 79.9.